The average molecular weight is 498 g/mol. The molecule has 0 aliphatic carbocycles. The number of nitrogens with one attached hydrogen (secondary N) is 2. The maximum absolute atomic E-state index is 12.5. The highest BCUT2D eigenvalue weighted by molar-refractivity contribution is 7.89. The Bertz CT molecular complexity index is 1190. The molecule has 33 heavy (non-hydrogen) atoms. The van der Waals surface area contributed by atoms with Crippen LogP contribution in [-0.2, 0) is 24.8 Å². The fraction of sp³-hybridized carbons (Fsp3) is 0.381. The monoisotopic (exact) mass is 497 g/mol. The van der Waals surface area contributed by atoms with E-state index in [9.17, 15) is 21.6 Å². The van der Waals surface area contributed by atoms with Crippen molar-refractivity contribution in [1.82, 2.24) is 9.03 Å². The van der Waals surface area contributed by atoms with Gasteiger partial charge in [0, 0.05) is 37.8 Å². The highest BCUT2D eigenvalue weighted by Gasteiger charge is 2.22. The Labute approximate surface area is 194 Å². The van der Waals surface area contributed by atoms with Gasteiger partial charge in [-0.25, -0.2) is 21.6 Å². The maximum Gasteiger partial charge on any atom is 0.243 e. The summed E-state index contributed by atoms with van der Waals surface area (Å²) in [5, 5.41) is 2.63. The first kappa shape index (κ1) is 25.0. The van der Waals surface area contributed by atoms with Gasteiger partial charge in [-0.3, -0.25) is 4.79 Å². The van der Waals surface area contributed by atoms with E-state index in [2.05, 4.69) is 10.0 Å². The van der Waals surface area contributed by atoms with Crippen LogP contribution in [0.2, 0.25) is 0 Å². The van der Waals surface area contributed by atoms with Gasteiger partial charge < -0.3 is 14.8 Å². The van der Waals surface area contributed by atoms with E-state index in [0.29, 0.717) is 43.5 Å². The zero-order chi connectivity index (χ0) is 24.1. The summed E-state index contributed by atoms with van der Waals surface area (Å²) >= 11 is 0. The van der Waals surface area contributed by atoms with Gasteiger partial charge in [-0.05, 0) is 36.4 Å². The van der Waals surface area contributed by atoms with Crippen LogP contribution in [0.3, 0.4) is 0 Å². The van der Waals surface area contributed by atoms with Gasteiger partial charge in [0.25, 0.3) is 0 Å². The largest absolute Gasteiger partial charge is 0.486 e. The predicted molar refractivity (Wildman–Crippen MR) is 122 cm³/mol. The van der Waals surface area contributed by atoms with Crippen LogP contribution in [0, 0.1) is 0 Å². The lowest BCUT2D eigenvalue weighted by Crippen LogP contribution is -2.30. The second-order valence-electron chi connectivity index (χ2n) is 7.12. The van der Waals surface area contributed by atoms with E-state index >= 15 is 0 Å². The number of anilines is 1. The van der Waals surface area contributed by atoms with Gasteiger partial charge in [-0.15, -0.1) is 0 Å². The standard InChI is InChI=1S/C21H27N3O7S2/c1-3-24(4-2)33(28,29)17-7-5-16(6-8-17)23-21(25)11-12-22-32(26,27)18-9-10-19-20(15-18)31-14-13-30-19/h5-10,15,22H,3-4,11-14H2,1-2H3,(H,23,25). The molecule has 0 saturated heterocycles. The number of sulfonamides is 2. The van der Waals surface area contributed by atoms with Gasteiger partial charge in [0.2, 0.25) is 26.0 Å². The molecule has 1 amide bonds. The van der Waals surface area contributed by atoms with Crippen molar-refractivity contribution in [3.63, 3.8) is 0 Å². The summed E-state index contributed by atoms with van der Waals surface area (Å²) in [5.41, 5.74) is 0.410. The maximum atomic E-state index is 12.5. The molecule has 180 valence electrons. The molecule has 1 heterocycles. The first-order valence-corrected chi connectivity index (χ1v) is 13.4. The molecule has 0 unspecified atom stereocenters. The van der Waals surface area contributed by atoms with Gasteiger partial charge in [-0.1, -0.05) is 13.8 Å². The molecule has 0 fully saturated rings. The van der Waals surface area contributed by atoms with Gasteiger partial charge in [0.05, 0.1) is 9.79 Å². The van der Waals surface area contributed by atoms with E-state index in [-0.39, 0.29) is 22.8 Å². The van der Waals surface area contributed by atoms with Crippen molar-refractivity contribution in [2.75, 3.05) is 38.2 Å². The topological polar surface area (TPSA) is 131 Å². The fourth-order valence-corrected chi connectivity index (χ4v) is 5.72. The van der Waals surface area contributed by atoms with Crippen molar-refractivity contribution in [3.8, 4) is 11.5 Å². The summed E-state index contributed by atoms with van der Waals surface area (Å²) in [4.78, 5) is 12.3. The van der Waals surface area contributed by atoms with Gasteiger partial charge in [0.15, 0.2) is 11.5 Å². The van der Waals surface area contributed by atoms with Crippen molar-refractivity contribution in [3.05, 3.63) is 42.5 Å². The highest BCUT2D eigenvalue weighted by Crippen LogP contribution is 2.32. The second-order valence-corrected chi connectivity index (χ2v) is 10.8. The summed E-state index contributed by atoms with van der Waals surface area (Å²) in [7, 11) is -7.42. The molecule has 2 N–H and O–H groups in total. The lowest BCUT2D eigenvalue weighted by molar-refractivity contribution is -0.116. The molecular weight excluding hydrogens is 470 g/mol. The molecule has 2 aromatic rings. The average Bonchev–Trinajstić information content (AvgIpc) is 2.79. The number of carbonyl (C=O) groups is 1. The molecule has 0 saturated carbocycles. The lowest BCUT2D eigenvalue weighted by atomic mass is 10.3. The van der Waals surface area contributed by atoms with Crippen LogP contribution in [0.25, 0.3) is 0 Å². The Kier molecular flexibility index (Phi) is 7.95. The highest BCUT2D eigenvalue weighted by atomic mass is 32.2. The van der Waals surface area contributed by atoms with E-state index in [1.807, 2.05) is 0 Å². The predicted octanol–water partition coefficient (Wildman–Crippen LogP) is 1.80. The quantitative estimate of drug-likeness (QED) is 0.512. The van der Waals surface area contributed by atoms with Crippen LogP contribution in [-0.4, -0.2) is 59.9 Å². The van der Waals surface area contributed by atoms with Crippen molar-refractivity contribution < 1.29 is 31.1 Å². The molecule has 3 rings (SSSR count). The number of carbonyl (C=O) groups excluding carboxylic acids is 1. The SMILES string of the molecule is CCN(CC)S(=O)(=O)c1ccc(NC(=O)CCNS(=O)(=O)c2ccc3c(c2)OCCO3)cc1. The van der Waals surface area contributed by atoms with Crippen molar-refractivity contribution in [2.24, 2.45) is 0 Å². The van der Waals surface area contributed by atoms with Crippen molar-refractivity contribution >= 4 is 31.6 Å². The molecule has 10 nitrogen and oxygen atoms in total. The Morgan fingerprint density at radius 1 is 0.909 bits per heavy atom. The van der Waals surface area contributed by atoms with E-state index in [4.69, 9.17) is 9.47 Å². The Morgan fingerprint density at radius 2 is 1.52 bits per heavy atom. The Morgan fingerprint density at radius 3 is 2.15 bits per heavy atom. The van der Waals surface area contributed by atoms with Crippen molar-refractivity contribution in [1.29, 1.82) is 0 Å². The molecular formula is C21H27N3O7S2. The third-order valence-corrected chi connectivity index (χ3v) is 8.47. The summed E-state index contributed by atoms with van der Waals surface area (Å²) in [5.74, 6) is 0.419. The third kappa shape index (κ3) is 6.02. The first-order chi connectivity index (χ1) is 15.7. The number of rotatable bonds is 10. The smallest absolute Gasteiger partial charge is 0.243 e. The minimum Gasteiger partial charge on any atom is -0.486 e. The van der Waals surface area contributed by atoms with Crippen LogP contribution in [0.1, 0.15) is 20.3 Å². The summed E-state index contributed by atoms with van der Waals surface area (Å²) < 4.78 is 64.5. The minimum atomic E-state index is -3.83. The van der Waals surface area contributed by atoms with Crippen LogP contribution in [0.15, 0.2) is 52.3 Å². The molecule has 0 atom stereocenters. The van der Waals surface area contributed by atoms with Crippen LogP contribution < -0.4 is 19.5 Å². The molecule has 2 aromatic carbocycles. The zero-order valence-electron chi connectivity index (χ0n) is 18.4. The van der Waals surface area contributed by atoms with E-state index < -0.39 is 26.0 Å². The number of fused-ring (bicyclic) bond motifs is 1. The summed E-state index contributed by atoms with van der Waals surface area (Å²) in [6.45, 7) is 4.87. The first-order valence-electron chi connectivity index (χ1n) is 10.5. The number of ether oxygens (including phenoxy) is 2. The molecule has 1 aliphatic rings. The number of amides is 1. The molecule has 0 bridgehead atoms. The van der Waals surface area contributed by atoms with E-state index in [1.54, 1.807) is 13.8 Å². The fourth-order valence-electron chi connectivity index (χ4n) is 3.22. The number of hydrogen-bond acceptors (Lipinski definition) is 7. The minimum absolute atomic E-state index is 0.0113. The van der Waals surface area contributed by atoms with Crippen molar-refractivity contribution in [2.45, 2.75) is 30.1 Å². The zero-order valence-corrected chi connectivity index (χ0v) is 20.0. The molecule has 12 heteroatoms. The van der Waals surface area contributed by atoms with Crippen LogP contribution >= 0.6 is 0 Å². The van der Waals surface area contributed by atoms with Gasteiger partial charge in [-0.2, -0.15) is 4.31 Å². The normalized spacial score (nSPS) is 13.7. The second kappa shape index (κ2) is 10.5. The number of benzene rings is 2. The number of hydrogen-bond donors (Lipinski definition) is 2. The van der Waals surface area contributed by atoms with E-state index in [1.165, 1.54) is 46.8 Å². The van der Waals surface area contributed by atoms with Crippen LogP contribution in [0.4, 0.5) is 5.69 Å². The molecule has 0 radical (unpaired) electrons. The summed E-state index contributed by atoms with van der Waals surface area (Å²) in [6, 6.07) is 10.2. The third-order valence-electron chi connectivity index (χ3n) is 4.95. The van der Waals surface area contributed by atoms with Gasteiger partial charge in [0.1, 0.15) is 13.2 Å². The Hall–Kier alpha value is -2.67. The lowest BCUT2D eigenvalue weighted by Gasteiger charge is -2.19. The van der Waals surface area contributed by atoms with Gasteiger partial charge >= 0.3 is 0 Å². The summed E-state index contributed by atoms with van der Waals surface area (Å²) in [6.07, 6.45) is -0.108. The molecule has 1 aliphatic heterocycles. The van der Waals surface area contributed by atoms with E-state index in [0.717, 1.165) is 0 Å². The molecule has 0 spiro atoms. The Balaban J connectivity index is 1.54. The number of nitrogens with zero attached hydrogens (tertiary/aromatic N) is 1. The molecule has 0 aromatic heterocycles. The van der Waals surface area contributed by atoms with Crippen LogP contribution in [0.5, 0.6) is 11.5 Å².